The molecule has 4 heteroatoms. The largest absolute Gasteiger partial charge is 0.618 e. The van der Waals surface area contributed by atoms with Gasteiger partial charge in [0.15, 0.2) is 6.20 Å². The Balaban J connectivity index is 2.10. The summed E-state index contributed by atoms with van der Waals surface area (Å²) in [5.74, 6) is 1.41. The van der Waals surface area contributed by atoms with Gasteiger partial charge in [-0.2, -0.15) is 4.73 Å². The molecule has 20 heavy (non-hydrogen) atoms. The third-order valence-electron chi connectivity index (χ3n) is 4.40. The minimum absolute atomic E-state index is 0.173. The topological polar surface area (TPSA) is 56.0 Å². The van der Waals surface area contributed by atoms with Gasteiger partial charge in [-0.1, -0.05) is 27.2 Å². The van der Waals surface area contributed by atoms with Gasteiger partial charge in [-0.25, -0.2) is 0 Å². The molecule has 0 radical (unpaired) electrons. The van der Waals surface area contributed by atoms with Crippen molar-refractivity contribution in [3.05, 3.63) is 35.3 Å². The van der Waals surface area contributed by atoms with Crippen LogP contribution >= 0.6 is 0 Å². The van der Waals surface area contributed by atoms with E-state index in [1.807, 2.05) is 0 Å². The second-order valence-corrected chi connectivity index (χ2v) is 6.32. The maximum atomic E-state index is 12.3. The zero-order valence-corrected chi connectivity index (χ0v) is 12.5. The minimum atomic E-state index is -0.259. The predicted octanol–water partition coefficient (Wildman–Crippen LogP) is 2.51. The fourth-order valence-corrected chi connectivity index (χ4v) is 3.21. The van der Waals surface area contributed by atoms with Crippen molar-refractivity contribution >= 4 is 5.91 Å². The highest BCUT2D eigenvalue weighted by molar-refractivity contribution is 5.91. The lowest BCUT2D eigenvalue weighted by Gasteiger charge is -2.37. The molecule has 4 nitrogen and oxygen atoms in total. The third-order valence-corrected chi connectivity index (χ3v) is 4.40. The number of carbonyl (C=O) groups is 1. The molecule has 0 aliphatic heterocycles. The number of nitrogens with zero attached hydrogens (tertiary/aromatic N) is 1. The van der Waals surface area contributed by atoms with E-state index in [1.165, 1.54) is 12.6 Å². The van der Waals surface area contributed by atoms with E-state index in [-0.39, 0.29) is 17.6 Å². The lowest BCUT2D eigenvalue weighted by atomic mass is 9.74. The summed E-state index contributed by atoms with van der Waals surface area (Å²) >= 11 is 0. The third kappa shape index (κ3) is 3.30. The zero-order chi connectivity index (χ0) is 14.7. The monoisotopic (exact) mass is 276 g/mol. The van der Waals surface area contributed by atoms with Crippen LogP contribution in [0.2, 0.25) is 0 Å². The van der Waals surface area contributed by atoms with Crippen LogP contribution in [0.4, 0.5) is 0 Å². The van der Waals surface area contributed by atoms with Gasteiger partial charge in [-0.05, 0) is 36.7 Å². The van der Waals surface area contributed by atoms with Crippen molar-refractivity contribution in [1.29, 1.82) is 0 Å². The van der Waals surface area contributed by atoms with E-state index in [1.54, 1.807) is 18.2 Å². The van der Waals surface area contributed by atoms with Crippen LogP contribution in [0.3, 0.4) is 0 Å². The fraction of sp³-hybridized carbons (Fsp3) is 0.625. The number of hydrogen-bond donors (Lipinski definition) is 1. The summed E-state index contributed by atoms with van der Waals surface area (Å²) in [4.78, 5) is 12.3. The number of aromatic nitrogens is 1. The summed E-state index contributed by atoms with van der Waals surface area (Å²) in [7, 11) is 0. The van der Waals surface area contributed by atoms with Gasteiger partial charge in [0.1, 0.15) is 0 Å². The van der Waals surface area contributed by atoms with Crippen molar-refractivity contribution < 1.29 is 9.52 Å². The minimum Gasteiger partial charge on any atom is -0.618 e. The summed E-state index contributed by atoms with van der Waals surface area (Å²) in [6, 6.07) is 5.08. The van der Waals surface area contributed by atoms with Gasteiger partial charge in [-0.3, -0.25) is 4.79 Å². The van der Waals surface area contributed by atoms with E-state index >= 15 is 0 Å². The molecule has 0 saturated heterocycles. The van der Waals surface area contributed by atoms with Gasteiger partial charge in [0.05, 0.1) is 0 Å². The molecule has 3 atom stereocenters. The van der Waals surface area contributed by atoms with Crippen molar-refractivity contribution in [2.75, 3.05) is 0 Å². The van der Waals surface area contributed by atoms with Crippen LogP contribution in [0.5, 0.6) is 0 Å². The molecule has 1 heterocycles. The van der Waals surface area contributed by atoms with E-state index in [2.05, 4.69) is 26.1 Å². The van der Waals surface area contributed by atoms with E-state index in [0.717, 1.165) is 12.8 Å². The number of carbonyl (C=O) groups excluding carboxylic acids is 1. The first kappa shape index (κ1) is 14.8. The molecule has 0 aromatic carbocycles. The Kier molecular flexibility index (Phi) is 4.63. The number of hydrogen-bond acceptors (Lipinski definition) is 2. The molecule has 1 aromatic rings. The van der Waals surface area contributed by atoms with Crippen LogP contribution in [0.1, 0.15) is 50.5 Å². The fourth-order valence-electron chi connectivity index (χ4n) is 3.21. The average Bonchev–Trinajstić information content (AvgIpc) is 2.38. The highest BCUT2D eigenvalue weighted by Gasteiger charge is 2.32. The smallest absolute Gasteiger partial charge is 0.317 e. The van der Waals surface area contributed by atoms with Crippen molar-refractivity contribution in [1.82, 2.24) is 5.32 Å². The van der Waals surface area contributed by atoms with Crippen LogP contribution in [0.25, 0.3) is 0 Å². The molecule has 0 spiro atoms. The maximum Gasteiger partial charge on any atom is 0.317 e. The normalized spacial score (nSPS) is 26.5. The van der Waals surface area contributed by atoms with Crippen LogP contribution in [-0.4, -0.2) is 11.9 Å². The number of amides is 1. The van der Waals surface area contributed by atoms with E-state index in [0.29, 0.717) is 22.5 Å². The predicted molar refractivity (Wildman–Crippen MR) is 78.0 cm³/mol. The first-order valence-corrected chi connectivity index (χ1v) is 7.48. The molecular weight excluding hydrogens is 252 g/mol. The average molecular weight is 276 g/mol. The van der Waals surface area contributed by atoms with Crippen LogP contribution in [0.15, 0.2) is 24.4 Å². The van der Waals surface area contributed by atoms with Crippen LogP contribution in [0, 0.1) is 23.0 Å². The highest BCUT2D eigenvalue weighted by atomic mass is 16.5. The van der Waals surface area contributed by atoms with Crippen LogP contribution < -0.4 is 10.0 Å². The second-order valence-electron chi connectivity index (χ2n) is 6.32. The Morgan fingerprint density at radius 1 is 1.40 bits per heavy atom. The summed E-state index contributed by atoms with van der Waals surface area (Å²) < 4.78 is 0.631. The quantitative estimate of drug-likeness (QED) is 0.681. The second kappa shape index (κ2) is 6.25. The Hall–Kier alpha value is -1.58. The summed E-state index contributed by atoms with van der Waals surface area (Å²) in [5.41, 5.74) is 0.174. The maximum absolute atomic E-state index is 12.3. The standard InChI is InChI=1S/C16H24N2O2/c1-11(2)13-8-7-12(3)10-14(13)17-16(19)15-6-4-5-9-18(15)20/h4-6,9,11-14H,7-8,10H2,1-3H3,(H,17,19)/t12-,13+,14-/m1/s1. The van der Waals surface area contributed by atoms with E-state index < -0.39 is 0 Å². The molecule has 1 N–H and O–H groups in total. The molecule has 1 saturated carbocycles. The summed E-state index contributed by atoms with van der Waals surface area (Å²) in [6.45, 7) is 6.64. The van der Waals surface area contributed by atoms with Gasteiger partial charge < -0.3 is 10.5 Å². The Morgan fingerprint density at radius 2 is 2.15 bits per heavy atom. The first-order chi connectivity index (χ1) is 9.49. The molecule has 1 amide bonds. The van der Waals surface area contributed by atoms with Crippen molar-refractivity contribution in [3.63, 3.8) is 0 Å². The van der Waals surface area contributed by atoms with Gasteiger partial charge in [0.25, 0.3) is 5.69 Å². The molecule has 0 bridgehead atoms. The van der Waals surface area contributed by atoms with Gasteiger partial charge in [-0.15, -0.1) is 0 Å². The Labute approximate surface area is 120 Å². The molecule has 0 unspecified atom stereocenters. The van der Waals surface area contributed by atoms with E-state index in [9.17, 15) is 10.0 Å². The van der Waals surface area contributed by atoms with Crippen LogP contribution in [-0.2, 0) is 0 Å². The highest BCUT2D eigenvalue weighted by Crippen LogP contribution is 2.33. The first-order valence-electron chi connectivity index (χ1n) is 7.48. The number of pyridine rings is 1. The van der Waals surface area contributed by atoms with Crippen molar-refractivity contribution in [2.24, 2.45) is 17.8 Å². The molecule has 1 fully saturated rings. The molecule has 110 valence electrons. The number of nitrogens with one attached hydrogen (secondary N) is 1. The molecule has 1 aliphatic carbocycles. The SMILES string of the molecule is CC(C)[C@@H]1CC[C@@H](C)C[C@H]1NC(=O)c1cccc[n+]1[O-]. The van der Waals surface area contributed by atoms with Gasteiger partial charge in [0.2, 0.25) is 0 Å². The lowest BCUT2D eigenvalue weighted by molar-refractivity contribution is -0.607. The Bertz CT molecular complexity index is 473. The van der Waals surface area contributed by atoms with Crippen molar-refractivity contribution in [3.8, 4) is 0 Å². The molecule has 1 aromatic heterocycles. The number of rotatable bonds is 3. The van der Waals surface area contributed by atoms with Gasteiger partial charge >= 0.3 is 5.91 Å². The molecular formula is C16H24N2O2. The molecule has 2 rings (SSSR count). The molecule has 1 aliphatic rings. The summed E-state index contributed by atoms with van der Waals surface area (Å²) in [5, 5.41) is 14.7. The Morgan fingerprint density at radius 3 is 2.80 bits per heavy atom. The van der Waals surface area contributed by atoms with Gasteiger partial charge in [0, 0.05) is 18.2 Å². The van der Waals surface area contributed by atoms with Crippen molar-refractivity contribution in [2.45, 2.75) is 46.1 Å². The summed E-state index contributed by atoms with van der Waals surface area (Å²) in [6.07, 6.45) is 4.73. The lowest BCUT2D eigenvalue weighted by Crippen LogP contribution is -2.48. The van der Waals surface area contributed by atoms with E-state index in [4.69, 9.17) is 0 Å². The zero-order valence-electron chi connectivity index (χ0n) is 12.5.